The molecule has 0 atom stereocenters. The Morgan fingerprint density at radius 3 is 2.78 bits per heavy atom. The fraction of sp³-hybridized carbons (Fsp3) is 0.0833. The molecule has 0 aliphatic rings. The number of benzene rings is 1. The third-order valence-electron chi connectivity index (χ3n) is 2.16. The van der Waals surface area contributed by atoms with Gasteiger partial charge in [-0.3, -0.25) is 0 Å². The number of ether oxygens (including phenoxy) is 1. The van der Waals surface area contributed by atoms with Gasteiger partial charge < -0.3 is 9.84 Å². The minimum Gasteiger partial charge on any atom is -0.435 e. The Kier molecular flexibility index (Phi) is 3.88. The molecule has 6 heteroatoms. The van der Waals surface area contributed by atoms with Gasteiger partial charge in [-0.15, -0.1) is 0 Å². The van der Waals surface area contributed by atoms with Crippen LogP contribution in [0.15, 0.2) is 34.9 Å². The fourth-order valence-electron chi connectivity index (χ4n) is 1.33. The van der Waals surface area contributed by atoms with E-state index in [-0.39, 0.29) is 18.2 Å². The molecule has 1 aromatic heterocycles. The van der Waals surface area contributed by atoms with Crippen molar-refractivity contribution in [2.45, 2.75) is 6.61 Å². The van der Waals surface area contributed by atoms with Crippen LogP contribution in [0.1, 0.15) is 5.56 Å². The van der Waals surface area contributed by atoms with E-state index in [1.165, 1.54) is 6.20 Å². The van der Waals surface area contributed by atoms with E-state index in [9.17, 15) is 8.78 Å². The van der Waals surface area contributed by atoms with Crippen molar-refractivity contribution in [1.82, 2.24) is 4.98 Å². The molecule has 94 valence electrons. The molecule has 0 amide bonds. The maximum atomic E-state index is 13.4. The summed E-state index contributed by atoms with van der Waals surface area (Å²) in [6.07, 6.45) is 1.44. The van der Waals surface area contributed by atoms with E-state index < -0.39 is 11.6 Å². The summed E-state index contributed by atoms with van der Waals surface area (Å²) in [5.74, 6) is -1.57. The van der Waals surface area contributed by atoms with Crippen molar-refractivity contribution >= 4 is 15.9 Å². The SMILES string of the molecule is OCc1cc(Br)cnc1Oc1cc(F)ccc1F. The van der Waals surface area contributed by atoms with Gasteiger partial charge in [0.1, 0.15) is 5.82 Å². The lowest BCUT2D eigenvalue weighted by molar-refractivity contribution is 0.274. The Hall–Kier alpha value is -1.53. The van der Waals surface area contributed by atoms with Gasteiger partial charge in [-0.1, -0.05) is 0 Å². The van der Waals surface area contributed by atoms with Gasteiger partial charge in [-0.05, 0) is 34.1 Å². The second kappa shape index (κ2) is 5.41. The average Bonchev–Trinajstić information content (AvgIpc) is 2.36. The zero-order chi connectivity index (χ0) is 13.1. The highest BCUT2D eigenvalue weighted by molar-refractivity contribution is 9.10. The normalized spacial score (nSPS) is 10.4. The molecule has 0 bridgehead atoms. The number of nitrogens with zero attached hydrogens (tertiary/aromatic N) is 1. The first-order valence-corrected chi connectivity index (χ1v) is 5.77. The van der Waals surface area contributed by atoms with Crippen molar-refractivity contribution in [1.29, 1.82) is 0 Å². The third kappa shape index (κ3) is 2.83. The summed E-state index contributed by atoms with van der Waals surface area (Å²) < 4.78 is 32.2. The zero-order valence-corrected chi connectivity index (χ0v) is 10.6. The maximum absolute atomic E-state index is 13.4. The van der Waals surface area contributed by atoms with Gasteiger partial charge in [0.05, 0.1) is 6.61 Å². The molecule has 0 aliphatic carbocycles. The minimum atomic E-state index is -0.704. The molecule has 1 heterocycles. The fourth-order valence-corrected chi connectivity index (χ4v) is 1.71. The molecule has 0 fully saturated rings. The molecule has 1 aromatic carbocycles. The lowest BCUT2D eigenvalue weighted by atomic mass is 10.3. The molecule has 1 N–H and O–H groups in total. The van der Waals surface area contributed by atoms with Crippen LogP contribution in [0.3, 0.4) is 0 Å². The zero-order valence-electron chi connectivity index (χ0n) is 9.03. The monoisotopic (exact) mass is 315 g/mol. The van der Waals surface area contributed by atoms with Gasteiger partial charge in [-0.2, -0.15) is 0 Å². The number of rotatable bonds is 3. The number of hydrogen-bond donors (Lipinski definition) is 1. The largest absolute Gasteiger partial charge is 0.435 e. The van der Waals surface area contributed by atoms with Crippen LogP contribution >= 0.6 is 15.9 Å². The molecular formula is C12H8BrF2NO2. The van der Waals surface area contributed by atoms with Gasteiger partial charge in [0.15, 0.2) is 11.6 Å². The van der Waals surface area contributed by atoms with E-state index >= 15 is 0 Å². The summed E-state index contributed by atoms with van der Waals surface area (Å²) in [5, 5.41) is 9.14. The lowest BCUT2D eigenvalue weighted by Crippen LogP contribution is -1.97. The van der Waals surface area contributed by atoms with Crippen LogP contribution in [0, 0.1) is 11.6 Å². The molecule has 18 heavy (non-hydrogen) atoms. The molecule has 2 aromatic rings. The van der Waals surface area contributed by atoms with Crippen molar-refractivity contribution in [3.05, 3.63) is 52.1 Å². The third-order valence-corrected chi connectivity index (χ3v) is 2.60. The molecule has 0 saturated carbocycles. The Bertz CT molecular complexity index is 578. The Labute approximate surface area is 110 Å². The first kappa shape index (κ1) is 12.9. The Morgan fingerprint density at radius 1 is 1.28 bits per heavy atom. The average molecular weight is 316 g/mol. The molecule has 0 aliphatic heterocycles. The maximum Gasteiger partial charge on any atom is 0.224 e. The summed E-state index contributed by atoms with van der Waals surface area (Å²) in [4.78, 5) is 3.90. The van der Waals surface area contributed by atoms with Crippen molar-refractivity contribution < 1.29 is 18.6 Å². The quantitative estimate of drug-likeness (QED) is 0.943. The van der Waals surface area contributed by atoms with Crippen LogP contribution in [0.25, 0.3) is 0 Å². The van der Waals surface area contributed by atoms with Crippen LogP contribution in [0.2, 0.25) is 0 Å². The van der Waals surface area contributed by atoms with Gasteiger partial charge in [-0.25, -0.2) is 13.8 Å². The van der Waals surface area contributed by atoms with Crippen LogP contribution in [-0.4, -0.2) is 10.1 Å². The van der Waals surface area contributed by atoms with Gasteiger partial charge in [0, 0.05) is 22.3 Å². The number of aliphatic hydroxyl groups excluding tert-OH is 1. The highest BCUT2D eigenvalue weighted by Crippen LogP contribution is 2.27. The lowest BCUT2D eigenvalue weighted by Gasteiger charge is -2.09. The van der Waals surface area contributed by atoms with Gasteiger partial charge >= 0.3 is 0 Å². The van der Waals surface area contributed by atoms with E-state index in [1.807, 2.05) is 0 Å². The van der Waals surface area contributed by atoms with Crippen molar-refractivity contribution in [3.8, 4) is 11.6 Å². The molecule has 3 nitrogen and oxygen atoms in total. The second-order valence-electron chi connectivity index (χ2n) is 3.45. The van der Waals surface area contributed by atoms with E-state index in [0.29, 0.717) is 10.0 Å². The molecule has 2 rings (SSSR count). The van der Waals surface area contributed by atoms with E-state index in [1.54, 1.807) is 6.07 Å². The van der Waals surface area contributed by atoms with Gasteiger partial charge in [0.2, 0.25) is 5.88 Å². The van der Waals surface area contributed by atoms with Crippen LogP contribution in [0.5, 0.6) is 11.6 Å². The minimum absolute atomic E-state index is 0.0326. The number of pyridine rings is 1. The van der Waals surface area contributed by atoms with E-state index in [2.05, 4.69) is 20.9 Å². The molecule has 0 spiro atoms. The van der Waals surface area contributed by atoms with Crippen LogP contribution < -0.4 is 4.74 Å². The summed E-state index contributed by atoms with van der Waals surface area (Å²) in [7, 11) is 0. The molecule has 0 radical (unpaired) electrons. The number of aromatic nitrogens is 1. The summed E-state index contributed by atoms with van der Waals surface area (Å²) >= 11 is 3.19. The topological polar surface area (TPSA) is 42.4 Å². The summed E-state index contributed by atoms with van der Waals surface area (Å²) in [5.41, 5.74) is 0.369. The van der Waals surface area contributed by atoms with E-state index in [0.717, 1.165) is 18.2 Å². The van der Waals surface area contributed by atoms with Crippen LogP contribution in [0.4, 0.5) is 8.78 Å². The van der Waals surface area contributed by atoms with Crippen molar-refractivity contribution in [2.75, 3.05) is 0 Å². The number of halogens is 3. The van der Waals surface area contributed by atoms with Crippen LogP contribution in [-0.2, 0) is 6.61 Å². The van der Waals surface area contributed by atoms with Crippen molar-refractivity contribution in [2.24, 2.45) is 0 Å². The Morgan fingerprint density at radius 2 is 2.06 bits per heavy atom. The first-order chi connectivity index (χ1) is 8.60. The second-order valence-corrected chi connectivity index (χ2v) is 4.37. The summed E-state index contributed by atoms with van der Waals surface area (Å²) in [6.45, 7) is -0.321. The van der Waals surface area contributed by atoms with Crippen molar-refractivity contribution in [3.63, 3.8) is 0 Å². The molecular weight excluding hydrogens is 308 g/mol. The predicted octanol–water partition coefficient (Wildman–Crippen LogP) is 3.41. The smallest absolute Gasteiger partial charge is 0.224 e. The highest BCUT2D eigenvalue weighted by atomic mass is 79.9. The summed E-state index contributed by atoms with van der Waals surface area (Å²) in [6, 6.07) is 4.45. The van der Waals surface area contributed by atoms with E-state index in [4.69, 9.17) is 9.84 Å². The molecule has 0 saturated heterocycles. The van der Waals surface area contributed by atoms with Gasteiger partial charge in [0.25, 0.3) is 0 Å². The molecule has 0 unspecified atom stereocenters. The number of aliphatic hydroxyl groups is 1. The standard InChI is InChI=1S/C12H8BrF2NO2/c13-8-3-7(6-17)12(16-5-8)18-11-4-9(14)1-2-10(11)15/h1-5,17H,6H2. The highest BCUT2D eigenvalue weighted by Gasteiger charge is 2.11. The first-order valence-electron chi connectivity index (χ1n) is 4.98. The Balaban J connectivity index is 2.36. The number of hydrogen-bond acceptors (Lipinski definition) is 3. The predicted molar refractivity (Wildman–Crippen MR) is 64.3 cm³/mol.